The monoisotopic (exact) mass is 320 g/mol. The molecule has 0 bridgehead atoms. The largest absolute Gasteiger partial charge is 0.416 e. The van der Waals surface area contributed by atoms with Crippen LogP contribution in [0.1, 0.15) is 31.7 Å². The van der Waals surface area contributed by atoms with Gasteiger partial charge in [-0.1, -0.05) is 18.5 Å². The summed E-state index contributed by atoms with van der Waals surface area (Å²) in [5, 5.41) is 3.39. The molecule has 0 aliphatic carbocycles. The van der Waals surface area contributed by atoms with Gasteiger partial charge in [0.2, 0.25) is 0 Å². The van der Waals surface area contributed by atoms with Crippen LogP contribution < -0.4 is 5.32 Å². The van der Waals surface area contributed by atoms with Gasteiger partial charge in [0.25, 0.3) is 0 Å². The van der Waals surface area contributed by atoms with Crippen LogP contribution in [0.25, 0.3) is 0 Å². The first kappa shape index (κ1) is 16.4. The number of alkyl halides is 3. The second kappa shape index (κ2) is 6.88. The van der Waals surface area contributed by atoms with Crippen LogP contribution in [-0.4, -0.2) is 30.6 Å². The van der Waals surface area contributed by atoms with E-state index in [4.69, 9.17) is 11.6 Å². The lowest BCUT2D eigenvalue weighted by atomic mass is 10.0. The molecule has 1 aromatic carbocycles. The number of hydrogen-bond acceptors (Lipinski definition) is 2. The van der Waals surface area contributed by atoms with E-state index < -0.39 is 11.7 Å². The van der Waals surface area contributed by atoms with E-state index in [9.17, 15) is 13.2 Å². The fourth-order valence-corrected chi connectivity index (χ4v) is 2.88. The van der Waals surface area contributed by atoms with Crippen molar-refractivity contribution in [1.29, 1.82) is 0 Å². The van der Waals surface area contributed by atoms with Crippen molar-refractivity contribution in [3.63, 3.8) is 0 Å². The van der Waals surface area contributed by atoms with Crippen LogP contribution in [0.15, 0.2) is 18.2 Å². The van der Waals surface area contributed by atoms with Gasteiger partial charge >= 0.3 is 6.18 Å². The maximum atomic E-state index is 12.6. The summed E-state index contributed by atoms with van der Waals surface area (Å²) in [4.78, 5) is 2.41. The molecule has 1 aromatic rings. The Kier molecular flexibility index (Phi) is 5.38. The summed E-state index contributed by atoms with van der Waals surface area (Å²) in [5.74, 6) is 0. The lowest BCUT2D eigenvalue weighted by molar-refractivity contribution is -0.137. The number of benzene rings is 1. The van der Waals surface area contributed by atoms with E-state index in [1.165, 1.54) is 6.07 Å². The molecule has 1 aliphatic rings. The SMILES string of the molecule is CCCN1CCC(Nc2ccc(C(F)(F)F)cc2Cl)CC1. The Balaban J connectivity index is 1.95. The predicted molar refractivity (Wildman–Crippen MR) is 79.8 cm³/mol. The zero-order chi connectivity index (χ0) is 15.5. The summed E-state index contributed by atoms with van der Waals surface area (Å²) in [6.45, 7) is 5.30. The van der Waals surface area contributed by atoms with Gasteiger partial charge in [0.1, 0.15) is 0 Å². The van der Waals surface area contributed by atoms with Gasteiger partial charge in [-0.25, -0.2) is 0 Å². The van der Waals surface area contributed by atoms with Crippen molar-refractivity contribution in [2.75, 3.05) is 25.0 Å². The Bertz CT molecular complexity index is 468. The molecule has 0 saturated carbocycles. The van der Waals surface area contributed by atoms with Crippen molar-refractivity contribution in [3.8, 4) is 0 Å². The number of halogens is 4. The first-order valence-electron chi connectivity index (χ1n) is 7.25. The second-order valence-corrected chi connectivity index (χ2v) is 5.86. The highest BCUT2D eigenvalue weighted by molar-refractivity contribution is 6.33. The molecule has 118 valence electrons. The lowest BCUT2D eigenvalue weighted by Gasteiger charge is -2.32. The highest BCUT2D eigenvalue weighted by Crippen LogP contribution is 2.34. The van der Waals surface area contributed by atoms with Crippen LogP contribution in [0.2, 0.25) is 5.02 Å². The highest BCUT2D eigenvalue weighted by atomic mass is 35.5. The number of nitrogens with zero attached hydrogens (tertiary/aromatic N) is 1. The summed E-state index contributed by atoms with van der Waals surface area (Å²) < 4.78 is 37.8. The van der Waals surface area contributed by atoms with E-state index in [2.05, 4.69) is 17.1 Å². The van der Waals surface area contributed by atoms with E-state index in [0.717, 1.165) is 51.0 Å². The van der Waals surface area contributed by atoms with E-state index in [0.29, 0.717) is 5.69 Å². The van der Waals surface area contributed by atoms with Crippen molar-refractivity contribution in [1.82, 2.24) is 4.90 Å². The van der Waals surface area contributed by atoms with Crippen LogP contribution in [-0.2, 0) is 6.18 Å². The molecular weight excluding hydrogens is 301 g/mol. The Morgan fingerprint density at radius 1 is 1.29 bits per heavy atom. The van der Waals surface area contributed by atoms with Gasteiger partial charge in [-0.3, -0.25) is 0 Å². The number of nitrogens with one attached hydrogen (secondary N) is 1. The smallest absolute Gasteiger partial charge is 0.381 e. The predicted octanol–water partition coefficient (Wildman–Crippen LogP) is 4.65. The summed E-state index contributed by atoms with van der Waals surface area (Å²) in [7, 11) is 0. The van der Waals surface area contributed by atoms with E-state index in [-0.39, 0.29) is 11.1 Å². The Labute approximate surface area is 128 Å². The Hall–Kier alpha value is -0.940. The number of rotatable bonds is 4. The van der Waals surface area contributed by atoms with Gasteiger partial charge in [-0.15, -0.1) is 0 Å². The van der Waals surface area contributed by atoms with Gasteiger partial charge < -0.3 is 10.2 Å². The molecule has 1 saturated heterocycles. The molecule has 0 spiro atoms. The van der Waals surface area contributed by atoms with Gasteiger partial charge in [0, 0.05) is 19.1 Å². The number of anilines is 1. The average Bonchev–Trinajstić information content (AvgIpc) is 2.42. The minimum Gasteiger partial charge on any atom is -0.381 e. The molecule has 0 unspecified atom stereocenters. The lowest BCUT2D eigenvalue weighted by Crippen LogP contribution is -2.39. The molecular formula is C15H20ClF3N2. The topological polar surface area (TPSA) is 15.3 Å². The maximum Gasteiger partial charge on any atom is 0.416 e. The average molecular weight is 321 g/mol. The molecule has 1 fully saturated rings. The first-order chi connectivity index (χ1) is 9.90. The molecule has 1 N–H and O–H groups in total. The van der Waals surface area contributed by atoms with Crippen molar-refractivity contribution in [2.24, 2.45) is 0 Å². The highest BCUT2D eigenvalue weighted by Gasteiger charge is 2.31. The van der Waals surface area contributed by atoms with Gasteiger partial charge in [-0.05, 0) is 44.0 Å². The summed E-state index contributed by atoms with van der Waals surface area (Å²) in [5.41, 5.74) is -0.130. The third-order valence-corrected chi connectivity index (χ3v) is 4.10. The Morgan fingerprint density at radius 2 is 1.95 bits per heavy atom. The normalized spacial score (nSPS) is 18.0. The minimum absolute atomic E-state index is 0.126. The molecule has 21 heavy (non-hydrogen) atoms. The third-order valence-electron chi connectivity index (χ3n) is 3.78. The van der Waals surface area contributed by atoms with Crippen molar-refractivity contribution in [2.45, 2.75) is 38.4 Å². The molecule has 6 heteroatoms. The molecule has 0 radical (unpaired) electrons. The fraction of sp³-hybridized carbons (Fsp3) is 0.600. The van der Waals surface area contributed by atoms with Crippen LogP contribution in [0.4, 0.5) is 18.9 Å². The third kappa shape index (κ3) is 4.51. The maximum absolute atomic E-state index is 12.6. The zero-order valence-corrected chi connectivity index (χ0v) is 12.8. The minimum atomic E-state index is -4.35. The van der Waals surface area contributed by atoms with E-state index in [1.54, 1.807) is 0 Å². The molecule has 0 aromatic heterocycles. The molecule has 1 heterocycles. The van der Waals surface area contributed by atoms with Crippen LogP contribution in [0, 0.1) is 0 Å². The van der Waals surface area contributed by atoms with Gasteiger partial charge in [0.05, 0.1) is 16.3 Å². The number of likely N-dealkylation sites (tertiary alicyclic amines) is 1. The summed E-state index contributed by atoms with van der Waals surface area (Å²) in [6, 6.07) is 3.74. The first-order valence-corrected chi connectivity index (χ1v) is 7.63. The zero-order valence-electron chi connectivity index (χ0n) is 12.0. The number of hydrogen-bond donors (Lipinski definition) is 1. The fourth-order valence-electron chi connectivity index (χ4n) is 2.65. The van der Waals surface area contributed by atoms with Gasteiger partial charge in [-0.2, -0.15) is 13.2 Å². The summed E-state index contributed by atoms with van der Waals surface area (Å²) >= 11 is 5.96. The van der Waals surface area contributed by atoms with Gasteiger partial charge in [0.15, 0.2) is 0 Å². The van der Waals surface area contributed by atoms with Crippen LogP contribution in [0.5, 0.6) is 0 Å². The van der Waals surface area contributed by atoms with E-state index >= 15 is 0 Å². The van der Waals surface area contributed by atoms with Crippen LogP contribution >= 0.6 is 11.6 Å². The molecule has 1 aliphatic heterocycles. The van der Waals surface area contributed by atoms with Crippen molar-refractivity contribution < 1.29 is 13.2 Å². The van der Waals surface area contributed by atoms with Crippen LogP contribution in [0.3, 0.4) is 0 Å². The Morgan fingerprint density at radius 3 is 2.48 bits per heavy atom. The molecule has 0 amide bonds. The standard InChI is InChI=1S/C15H20ClF3N2/c1-2-7-21-8-5-12(6-9-21)20-14-4-3-11(10-13(14)16)15(17,18)19/h3-4,10,12,20H,2,5-9H2,1H3. The molecule has 2 rings (SSSR count). The number of piperidine rings is 1. The molecule has 2 nitrogen and oxygen atoms in total. The molecule has 0 atom stereocenters. The van der Waals surface area contributed by atoms with E-state index in [1.807, 2.05) is 0 Å². The summed E-state index contributed by atoms with van der Waals surface area (Å²) in [6.07, 6.45) is -1.24. The van der Waals surface area contributed by atoms with Crippen molar-refractivity contribution >= 4 is 17.3 Å². The quantitative estimate of drug-likeness (QED) is 0.869. The second-order valence-electron chi connectivity index (χ2n) is 5.45. The van der Waals surface area contributed by atoms with Crippen molar-refractivity contribution in [3.05, 3.63) is 28.8 Å².